The molecule has 0 fully saturated rings. The van der Waals surface area contributed by atoms with Gasteiger partial charge in [0, 0.05) is 17.5 Å². The van der Waals surface area contributed by atoms with Crippen molar-refractivity contribution in [3.63, 3.8) is 0 Å². The van der Waals surface area contributed by atoms with E-state index in [0.717, 1.165) is 36.9 Å². The van der Waals surface area contributed by atoms with E-state index in [1.807, 2.05) is 19.1 Å². The summed E-state index contributed by atoms with van der Waals surface area (Å²) in [6.07, 6.45) is 0.879. The van der Waals surface area contributed by atoms with E-state index in [4.69, 9.17) is 4.52 Å². The maximum absolute atomic E-state index is 5.22. The lowest BCUT2D eigenvalue weighted by atomic mass is 10.3. The average molecular weight is 292 g/mol. The fourth-order valence-corrected chi connectivity index (χ4v) is 2.32. The Labute approximate surface area is 123 Å². The van der Waals surface area contributed by atoms with E-state index in [1.165, 1.54) is 4.88 Å². The molecule has 5 nitrogen and oxygen atoms in total. The molecule has 0 bridgehead atoms. The van der Waals surface area contributed by atoms with Crippen LogP contribution in [0.4, 0.5) is 0 Å². The Bertz CT molecular complexity index is 533. The molecule has 2 heterocycles. The van der Waals surface area contributed by atoms with Gasteiger partial charge in [-0.3, -0.25) is 0 Å². The molecule has 6 heteroatoms. The first kappa shape index (κ1) is 14.6. The Morgan fingerprint density at radius 2 is 2.30 bits per heavy atom. The van der Waals surface area contributed by atoms with Crippen LogP contribution in [0.25, 0.3) is 0 Å². The topological polar surface area (TPSA) is 62.5 Å². The number of hydrogen-bond acceptors (Lipinski definition) is 4. The van der Waals surface area contributed by atoms with Crippen molar-refractivity contribution in [2.75, 3.05) is 6.54 Å². The second kappa shape index (κ2) is 7.69. The van der Waals surface area contributed by atoms with Gasteiger partial charge in [-0.15, -0.1) is 11.3 Å². The lowest BCUT2D eigenvalue weighted by Gasteiger charge is -2.09. The minimum Gasteiger partial charge on any atom is -0.359 e. The molecule has 0 radical (unpaired) electrons. The van der Waals surface area contributed by atoms with E-state index in [1.54, 1.807) is 11.3 Å². The molecule has 0 unspecified atom stereocenters. The number of rotatable bonds is 6. The number of guanidine groups is 1. The van der Waals surface area contributed by atoms with Crippen LogP contribution in [-0.2, 0) is 19.5 Å². The molecule has 0 amide bonds. The zero-order valence-corrected chi connectivity index (χ0v) is 12.7. The monoisotopic (exact) mass is 292 g/mol. The summed E-state index contributed by atoms with van der Waals surface area (Å²) in [6.45, 7) is 6.20. The van der Waals surface area contributed by atoms with Gasteiger partial charge in [-0.2, -0.15) is 0 Å². The van der Waals surface area contributed by atoms with Gasteiger partial charge >= 0.3 is 0 Å². The number of aliphatic imine (C=N–C) groups is 1. The zero-order valence-electron chi connectivity index (χ0n) is 11.8. The highest BCUT2D eigenvalue weighted by Gasteiger charge is 2.03. The summed E-state index contributed by atoms with van der Waals surface area (Å²) in [5, 5.41) is 12.6. The number of thiophene rings is 1. The van der Waals surface area contributed by atoms with Gasteiger partial charge in [0.15, 0.2) is 11.7 Å². The summed E-state index contributed by atoms with van der Waals surface area (Å²) in [6, 6.07) is 6.10. The third-order valence-electron chi connectivity index (χ3n) is 2.72. The normalized spacial score (nSPS) is 11.6. The van der Waals surface area contributed by atoms with Gasteiger partial charge in [0.2, 0.25) is 0 Å². The van der Waals surface area contributed by atoms with Crippen LogP contribution < -0.4 is 10.6 Å². The number of nitrogens with zero attached hydrogens (tertiary/aromatic N) is 2. The summed E-state index contributed by atoms with van der Waals surface area (Å²) in [7, 11) is 0. The molecule has 0 atom stereocenters. The van der Waals surface area contributed by atoms with Crippen molar-refractivity contribution in [2.45, 2.75) is 33.4 Å². The standard InChI is InChI=1S/C14H20N4OS/c1-3-11-8-12(19-18-11)9-16-14(15-4-2)17-10-13-6-5-7-20-13/h5-8H,3-4,9-10H2,1-2H3,(H2,15,16,17). The SMILES string of the molecule is CCNC(=NCc1cc(CC)no1)NCc1cccs1. The third-order valence-corrected chi connectivity index (χ3v) is 3.59. The van der Waals surface area contributed by atoms with Crippen molar-refractivity contribution in [3.8, 4) is 0 Å². The number of aryl methyl sites for hydroxylation is 1. The second-order valence-corrected chi connectivity index (χ2v) is 5.30. The lowest BCUT2D eigenvalue weighted by Crippen LogP contribution is -2.36. The third kappa shape index (κ3) is 4.38. The Balaban J connectivity index is 1.90. The van der Waals surface area contributed by atoms with Gasteiger partial charge in [0.1, 0.15) is 6.54 Å². The average Bonchev–Trinajstić information content (AvgIpc) is 3.13. The van der Waals surface area contributed by atoms with E-state index >= 15 is 0 Å². The fraction of sp³-hybridized carbons (Fsp3) is 0.429. The smallest absolute Gasteiger partial charge is 0.191 e. The minimum atomic E-state index is 0.493. The molecule has 0 aliphatic carbocycles. The fourth-order valence-electron chi connectivity index (χ4n) is 1.68. The number of nitrogens with one attached hydrogen (secondary N) is 2. The molecule has 0 spiro atoms. The molecule has 2 aromatic heterocycles. The van der Waals surface area contributed by atoms with Crippen LogP contribution in [0, 0.1) is 0 Å². The Morgan fingerprint density at radius 1 is 1.40 bits per heavy atom. The molecule has 0 saturated heterocycles. The Kier molecular flexibility index (Phi) is 5.61. The Morgan fingerprint density at radius 3 is 2.95 bits per heavy atom. The highest BCUT2D eigenvalue weighted by atomic mass is 32.1. The molecular formula is C14H20N4OS. The van der Waals surface area contributed by atoms with Crippen LogP contribution in [0.2, 0.25) is 0 Å². The molecule has 0 aromatic carbocycles. The summed E-state index contributed by atoms with van der Waals surface area (Å²) in [5.41, 5.74) is 0.965. The molecule has 2 rings (SSSR count). The largest absolute Gasteiger partial charge is 0.359 e. The molecular weight excluding hydrogens is 272 g/mol. The van der Waals surface area contributed by atoms with Crippen LogP contribution >= 0.6 is 11.3 Å². The van der Waals surface area contributed by atoms with E-state index in [9.17, 15) is 0 Å². The van der Waals surface area contributed by atoms with E-state index in [2.05, 4.69) is 39.2 Å². The molecule has 0 saturated carbocycles. The van der Waals surface area contributed by atoms with Crippen molar-refractivity contribution in [1.29, 1.82) is 0 Å². The van der Waals surface area contributed by atoms with E-state index < -0.39 is 0 Å². The lowest BCUT2D eigenvalue weighted by molar-refractivity contribution is 0.379. The van der Waals surface area contributed by atoms with Crippen molar-refractivity contribution < 1.29 is 4.52 Å². The van der Waals surface area contributed by atoms with Crippen molar-refractivity contribution in [2.24, 2.45) is 4.99 Å². The molecule has 2 aromatic rings. The van der Waals surface area contributed by atoms with Crippen molar-refractivity contribution >= 4 is 17.3 Å². The van der Waals surface area contributed by atoms with Crippen LogP contribution in [0.1, 0.15) is 30.2 Å². The van der Waals surface area contributed by atoms with Crippen LogP contribution in [-0.4, -0.2) is 17.7 Å². The van der Waals surface area contributed by atoms with Gasteiger partial charge in [-0.25, -0.2) is 4.99 Å². The first-order valence-corrected chi connectivity index (χ1v) is 7.68. The minimum absolute atomic E-state index is 0.493. The maximum Gasteiger partial charge on any atom is 0.191 e. The summed E-state index contributed by atoms with van der Waals surface area (Å²) in [5.74, 6) is 1.57. The second-order valence-electron chi connectivity index (χ2n) is 4.27. The predicted molar refractivity (Wildman–Crippen MR) is 81.9 cm³/mol. The highest BCUT2D eigenvalue weighted by molar-refractivity contribution is 7.09. The first-order chi connectivity index (χ1) is 9.81. The number of aromatic nitrogens is 1. The van der Waals surface area contributed by atoms with Crippen LogP contribution in [0.3, 0.4) is 0 Å². The summed E-state index contributed by atoms with van der Waals surface area (Å²) < 4.78 is 5.22. The Hall–Kier alpha value is -1.82. The molecule has 0 aliphatic heterocycles. The number of hydrogen-bond donors (Lipinski definition) is 2. The van der Waals surface area contributed by atoms with Crippen LogP contribution in [0.5, 0.6) is 0 Å². The van der Waals surface area contributed by atoms with Gasteiger partial charge < -0.3 is 15.2 Å². The summed E-state index contributed by atoms with van der Waals surface area (Å²) in [4.78, 5) is 5.78. The van der Waals surface area contributed by atoms with Gasteiger partial charge in [-0.05, 0) is 24.8 Å². The van der Waals surface area contributed by atoms with Gasteiger partial charge in [0.05, 0.1) is 12.2 Å². The van der Waals surface area contributed by atoms with Crippen molar-refractivity contribution in [3.05, 3.63) is 39.9 Å². The van der Waals surface area contributed by atoms with Crippen LogP contribution in [0.15, 0.2) is 33.1 Å². The van der Waals surface area contributed by atoms with Crippen molar-refractivity contribution in [1.82, 2.24) is 15.8 Å². The zero-order chi connectivity index (χ0) is 14.2. The highest BCUT2D eigenvalue weighted by Crippen LogP contribution is 2.08. The molecule has 0 aliphatic rings. The maximum atomic E-state index is 5.22. The quantitative estimate of drug-likeness (QED) is 0.634. The first-order valence-electron chi connectivity index (χ1n) is 6.80. The van der Waals surface area contributed by atoms with Gasteiger partial charge in [0.25, 0.3) is 0 Å². The van der Waals surface area contributed by atoms with E-state index in [0.29, 0.717) is 6.54 Å². The van der Waals surface area contributed by atoms with E-state index in [-0.39, 0.29) is 0 Å². The predicted octanol–water partition coefficient (Wildman–Crippen LogP) is 2.55. The summed E-state index contributed by atoms with van der Waals surface area (Å²) >= 11 is 1.73. The molecule has 2 N–H and O–H groups in total. The van der Waals surface area contributed by atoms with Gasteiger partial charge in [-0.1, -0.05) is 18.1 Å². The molecule has 20 heavy (non-hydrogen) atoms. The molecule has 108 valence electrons.